The minimum absolute atomic E-state index is 0.0164. The SMILES string of the molecule is CCN(C(=O)[C@@H](N)CCCCN)[C@@H](C)Cc1ccc2c(c1)OCO2. The van der Waals surface area contributed by atoms with Gasteiger partial charge in [-0.25, -0.2) is 0 Å². The molecule has 0 saturated heterocycles. The Kier molecular flexibility index (Phi) is 6.87. The Bertz CT molecular complexity index is 550. The topological polar surface area (TPSA) is 90.8 Å². The van der Waals surface area contributed by atoms with Crippen LogP contribution in [-0.4, -0.2) is 42.8 Å². The fourth-order valence-electron chi connectivity index (χ4n) is 3.05. The summed E-state index contributed by atoms with van der Waals surface area (Å²) >= 11 is 0. The largest absolute Gasteiger partial charge is 0.454 e. The quantitative estimate of drug-likeness (QED) is 0.670. The van der Waals surface area contributed by atoms with Crippen LogP contribution in [0.5, 0.6) is 11.5 Å². The van der Waals surface area contributed by atoms with E-state index in [9.17, 15) is 4.79 Å². The Hall–Kier alpha value is -1.79. The van der Waals surface area contributed by atoms with Crippen LogP contribution >= 0.6 is 0 Å². The molecule has 24 heavy (non-hydrogen) atoms. The molecule has 1 aliphatic rings. The van der Waals surface area contributed by atoms with Gasteiger partial charge in [0.25, 0.3) is 0 Å². The number of nitrogens with zero attached hydrogens (tertiary/aromatic N) is 1. The highest BCUT2D eigenvalue weighted by atomic mass is 16.7. The summed E-state index contributed by atoms with van der Waals surface area (Å²) in [5.74, 6) is 1.56. The van der Waals surface area contributed by atoms with Gasteiger partial charge < -0.3 is 25.8 Å². The second-order valence-corrected chi connectivity index (χ2v) is 6.26. The van der Waals surface area contributed by atoms with Crippen molar-refractivity contribution in [2.24, 2.45) is 11.5 Å². The summed E-state index contributed by atoms with van der Waals surface area (Å²) in [6, 6.07) is 5.54. The molecule has 0 bridgehead atoms. The molecule has 6 nitrogen and oxygen atoms in total. The summed E-state index contributed by atoms with van der Waals surface area (Å²) in [6.45, 7) is 5.60. The first kappa shape index (κ1) is 18.5. The molecule has 0 saturated carbocycles. The molecular weight excluding hydrogens is 306 g/mol. The number of rotatable bonds is 9. The third-order valence-corrected chi connectivity index (χ3v) is 4.41. The maximum Gasteiger partial charge on any atom is 0.239 e. The van der Waals surface area contributed by atoms with Crippen molar-refractivity contribution in [3.63, 3.8) is 0 Å². The minimum atomic E-state index is -0.448. The third kappa shape index (κ3) is 4.61. The summed E-state index contributed by atoms with van der Waals surface area (Å²) in [5.41, 5.74) is 12.7. The molecule has 1 amide bonds. The summed E-state index contributed by atoms with van der Waals surface area (Å²) in [5, 5.41) is 0. The molecule has 4 N–H and O–H groups in total. The zero-order valence-corrected chi connectivity index (χ0v) is 14.7. The first-order valence-electron chi connectivity index (χ1n) is 8.71. The average Bonchev–Trinajstić information content (AvgIpc) is 3.03. The number of unbranched alkanes of at least 4 members (excludes halogenated alkanes) is 1. The van der Waals surface area contributed by atoms with E-state index in [1.165, 1.54) is 0 Å². The smallest absolute Gasteiger partial charge is 0.239 e. The Morgan fingerprint density at radius 3 is 2.75 bits per heavy atom. The van der Waals surface area contributed by atoms with Gasteiger partial charge in [0.15, 0.2) is 11.5 Å². The molecule has 0 aliphatic carbocycles. The number of carbonyl (C=O) groups excluding carboxylic acids is 1. The van der Waals surface area contributed by atoms with Gasteiger partial charge in [0.05, 0.1) is 6.04 Å². The van der Waals surface area contributed by atoms with Crippen LogP contribution in [0.25, 0.3) is 0 Å². The van der Waals surface area contributed by atoms with Crippen LogP contribution in [0.4, 0.5) is 0 Å². The van der Waals surface area contributed by atoms with Gasteiger partial charge in [-0.05, 0) is 57.4 Å². The van der Waals surface area contributed by atoms with Gasteiger partial charge in [-0.1, -0.05) is 12.5 Å². The minimum Gasteiger partial charge on any atom is -0.454 e. The van der Waals surface area contributed by atoms with Gasteiger partial charge in [-0.3, -0.25) is 4.79 Å². The zero-order valence-electron chi connectivity index (χ0n) is 14.7. The number of hydrogen-bond donors (Lipinski definition) is 2. The van der Waals surface area contributed by atoms with Crippen molar-refractivity contribution < 1.29 is 14.3 Å². The van der Waals surface area contributed by atoms with Crippen molar-refractivity contribution in [1.29, 1.82) is 0 Å². The van der Waals surface area contributed by atoms with E-state index in [-0.39, 0.29) is 18.7 Å². The molecule has 2 atom stereocenters. The van der Waals surface area contributed by atoms with E-state index in [1.54, 1.807) is 0 Å². The number of hydrogen-bond acceptors (Lipinski definition) is 5. The molecule has 0 radical (unpaired) electrons. The highest BCUT2D eigenvalue weighted by Crippen LogP contribution is 2.33. The number of nitrogens with two attached hydrogens (primary N) is 2. The van der Waals surface area contributed by atoms with E-state index in [0.717, 1.165) is 36.3 Å². The molecule has 1 aromatic carbocycles. The number of carbonyl (C=O) groups is 1. The van der Waals surface area contributed by atoms with Crippen LogP contribution in [0.15, 0.2) is 18.2 Å². The molecule has 0 aromatic heterocycles. The van der Waals surface area contributed by atoms with Crippen molar-refractivity contribution >= 4 is 5.91 Å². The molecule has 0 fully saturated rings. The molecule has 1 aromatic rings. The molecule has 1 heterocycles. The maximum absolute atomic E-state index is 12.6. The Morgan fingerprint density at radius 1 is 1.29 bits per heavy atom. The second kappa shape index (κ2) is 8.89. The highest BCUT2D eigenvalue weighted by Gasteiger charge is 2.24. The highest BCUT2D eigenvalue weighted by molar-refractivity contribution is 5.81. The Balaban J connectivity index is 1.95. The van der Waals surface area contributed by atoms with Gasteiger partial charge in [-0.2, -0.15) is 0 Å². The standard InChI is InChI=1S/C18H29N3O3/c1-3-21(18(22)15(20)6-4-5-9-19)13(2)10-14-7-8-16-17(11-14)24-12-23-16/h7-8,11,13,15H,3-6,9-10,12,19-20H2,1-2H3/t13-,15-/m0/s1. The van der Waals surface area contributed by atoms with E-state index in [1.807, 2.05) is 30.0 Å². The predicted molar refractivity (Wildman–Crippen MR) is 94.0 cm³/mol. The summed E-state index contributed by atoms with van der Waals surface area (Å²) in [7, 11) is 0. The van der Waals surface area contributed by atoms with Crippen molar-refractivity contribution in [3.8, 4) is 11.5 Å². The monoisotopic (exact) mass is 335 g/mol. The number of likely N-dealkylation sites (N-methyl/N-ethyl adjacent to an activating group) is 1. The fraction of sp³-hybridized carbons (Fsp3) is 0.611. The molecule has 6 heteroatoms. The second-order valence-electron chi connectivity index (χ2n) is 6.26. The Labute approximate surface area is 144 Å². The number of fused-ring (bicyclic) bond motifs is 1. The fourth-order valence-corrected chi connectivity index (χ4v) is 3.05. The van der Waals surface area contributed by atoms with Crippen molar-refractivity contribution in [2.75, 3.05) is 19.9 Å². The number of ether oxygens (including phenoxy) is 2. The summed E-state index contributed by atoms with van der Waals surface area (Å²) in [6.07, 6.45) is 3.23. The van der Waals surface area contributed by atoms with Gasteiger partial charge >= 0.3 is 0 Å². The predicted octanol–water partition coefficient (Wildman–Crippen LogP) is 1.65. The first-order chi connectivity index (χ1) is 11.6. The van der Waals surface area contributed by atoms with Gasteiger partial charge in [0, 0.05) is 12.6 Å². The molecule has 0 unspecified atom stereocenters. The van der Waals surface area contributed by atoms with Crippen LogP contribution in [0, 0.1) is 0 Å². The van der Waals surface area contributed by atoms with E-state index in [4.69, 9.17) is 20.9 Å². The van der Waals surface area contributed by atoms with Crippen molar-refractivity contribution in [2.45, 2.75) is 51.6 Å². The van der Waals surface area contributed by atoms with E-state index < -0.39 is 6.04 Å². The van der Waals surface area contributed by atoms with Gasteiger partial charge in [0.2, 0.25) is 12.7 Å². The van der Waals surface area contributed by atoms with E-state index >= 15 is 0 Å². The van der Waals surface area contributed by atoms with Gasteiger partial charge in [0.1, 0.15) is 0 Å². The lowest BCUT2D eigenvalue weighted by Crippen LogP contribution is -2.48. The molecule has 0 spiro atoms. The maximum atomic E-state index is 12.6. The number of amides is 1. The van der Waals surface area contributed by atoms with Crippen LogP contribution in [0.3, 0.4) is 0 Å². The third-order valence-electron chi connectivity index (χ3n) is 4.41. The zero-order chi connectivity index (χ0) is 17.5. The molecule has 2 rings (SSSR count). The lowest BCUT2D eigenvalue weighted by Gasteiger charge is -2.30. The first-order valence-corrected chi connectivity index (χ1v) is 8.71. The van der Waals surface area contributed by atoms with Crippen LogP contribution < -0.4 is 20.9 Å². The van der Waals surface area contributed by atoms with Gasteiger partial charge in [-0.15, -0.1) is 0 Å². The lowest BCUT2D eigenvalue weighted by molar-refractivity contribution is -0.134. The van der Waals surface area contributed by atoms with Crippen molar-refractivity contribution in [1.82, 2.24) is 4.90 Å². The summed E-state index contributed by atoms with van der Waals surface area (Å²) in [4.78, 5) is 14.5. The summed E-state index contributed by atoms with van der Waals surface area (Å²) < 4.78 is 10.7. The normalized spacial score (nSPS) is 15.2. The molecule has 1 aliphatic heterocycles. The van der Waals surface area contributed by atoms with E-state index in [0.29, 0.717) is 19.5 Å². The van der Waals surface area contributed by atoms with Crippen LogP contribution in [0.2, 0.25) is 0 Å². The molecular formula is C18H29N3O3. The lowest BCUT2D eigenvalue weighted by atomic mass is 10.0. The average molecular weight is 335 g/mol. The Morgan fingerprint density at radius 2 is 2.04 bits per heavy atom. The number of benzene rings is 1. The van der Waals surface area contributed by atoms with Crippen LogP contribution in [-0.2, 0) is 11.2 Å². The van der Waals surface area contributed by atoms with Crippen molar-refractivity contribution in [3.05, 3.63) is 23.8 Å². The van der Waals surface area contributed by atoms with Crippen LogP contribution in [0.1, 0.15) is 38.7 Å². The molecule has 134 valence electrons. The van der Waals surface area contributed by atoms with E-state index in [2.05, 4.69) is 6.92 Å².